The lowest BCUT2D eigenvalue weighted by molar-refractivity contribution is 0.0596. The van der Waals surface area contributed by atoms with Crippen molar-refractivity contribution < 1.29 is 14.3 Å². The van der Waals surface area contributed by atoms with E-state index in [0.717, 1.165) is 12.8 Å². The highest BCUT2D eigenvalue weighted by molar-refractivity contribution is 6.31. The first-order chi connectivity index (χ1) is 8.19. The van der Waals surface area contributed by atoms with Gasteiger partial charge in [0.15, 0.2) is 0 Å². The highest BCUT2D eigenvalue weighted by atomic mass is 35.5. The van der Waals surface area contributed by atoms with E-state index < -0.39 is 5.97 Å². The van der Waals surface area contributed by atoms with Crippen LogP contribution in [0.25, 0.3) is 0 Å². The van der Waals surface area contributed by atoms with Crippen LogP contribution in [0.3, 0.4) is 0 Å². The molecule has 2 N–H and O–H groups in total. The zero-order chi connectivity index (χ0) is 12.7. The van der Waals surface area contributed by atoms with Gasteiger partial charge in [-0.2, -0.15) is 0 Å². The van der Waals surface area contributed by atoms with Crippen molar-refractivity contribution in [3.63, 3.8) is 0 Å². The summed E-state index contributed by atoms with van der Waals surface area (Å²) in [6.07, 6.45) is 1.74. The molecule has 1 rings (SSSR count). The van der Waals surface area contributed by atoms with Crippen LogP contribution in [0.1, 0.15) is 23.2 Å². The summed E-state index contributed by atoms with van der Waals surface area (Å²) in [4.78, 5) is 11.5. The third-order valence-electron chi connectivity index (χ3n) is 2.20. The van der Waals surface area contributed by atoms with Gasteiger partial charge in [0.05, 0.1) is 13.7 Å². The molecule has 0 saturated heterocycles. The molecule has 0 saturated carbocycles. The van der Waals surface area contributed by atoms with E-state index in [1.54, 1.807) is 12.1 Å². The minimum Gasteiger partial charge on any atom is -0.493 e. The maximum atomic E-state index is 11.5. The molecule has 0 heterocycles. The first kappa shape index (κ1) is 13.8. The second kappa shape index (κ2) is 7.14. The normalized spacial score (nSPS) is 10.1. The van der Waals surface area contributed by atoms with Crippen LogP contribution in [0, 0.1) is 0 Å². The van der Waals surface area contributed by atoms with Gasteiger partial charge in [-0.1, -0.05) is 11.6 Å². The Morgan fingerprint density at radius 2 is 2.18 bits per heavy atom. The largest absolute Gasteiger partial charge is 0.493 e. The Morgan fingerprint density at radius 1 is 1.41 bits per heavy atom. The zero-order valence-electron chi connectivity index (χ0n) is 9.74. The lowest BCUT2D eigenvalue weighted by atomic mass is 10.2. The number of nitrogens with two attached hydrogens (primary N) is 1. The van der Waals surface area contributed by atoms with Crippen molar-refractivity contribution in [2.24, 2.45) is 5.73 Å². The number of rotatable bonds is 6. The molecule has 0 fully saturated rings. The van der Waals surface area contributed by atoms with Crippen LogP contribution in [0.5, 0.6) is 5.75 Å². The Kier molecular flexibility index (Phi) is 5.80. The fourth-order valence-corrected chi connectivity index (χ4v) is 1.50. The first-order valence-corrected chi connectivity index (χ1v) is 5.77. The predicted molar refractivity (Wildman–Crippen MR) is 66.6 cm³/mol. The number of benzene rings is 1. The Hall–Kier alpha value is -1.26. The molecule has 17 heavy (non-hydrogen) atoms. The van der Waals surface area contributed by atoms with Crippen molar-refractivity contribution in [1.82, 2.24) is 0 Å². The van der Waals surface area contributed by atoms with Crippen LogP contribution < -0.4 is 10.5 Å². The number of esters is 1. The summed E-state index contributed by atoms with van der Waals surface area (Å²) in [7, 11) is 1.32. The maximum absolute atomic E-state index is 11.5. The maximum Gasteiger partial charge on any atom is 0.341 e. The molecule has 0 aliphatic rings. The van der Waals surface area contributed by atoms with Gasteiger partial charge < -0.3 is 15.2 Å². The molecular formula is C12H16ClNO3. The number of carbonyl (C=O) groups is 1. The molecule has 0 aromatic heterocycles. The third kappa shape index (κ3) is 4.24. The summed E-state index contributed by atoms with van der Waals surface area (Å²) >= 11 is 5.82. The lowest BCUT2D eigenvalue weighted by Gasteiger charge is -2.10. The molecule has 0 atom stereocenters. The number of hydrogen-bond acceptors (Lipinski definition) is 4. The van der Waals surface area contributed by atoms with Gasteiger partial charge in [-0.15, -0.1) is 0 Å². The van der Waals surface area contributed by atoms with Gasteiger partial charge in [0.25, 0.3) is 0 Å². The molecule has 0 radical (unpaired) electrons. The lowest BCUT2D eigenvalue weighted by Crippen LogP contribution is -2.08. The average Bonchev–Trinajstić information content (AvgIpc) is 2.35. The van der Waals surface area contributed by atoms with Gasteiger partial charge in [-0.25, -0.2) is 4.79 Å². The SMILES string of the molecule is COC(=O)c1cc(Cl)ccc1OCCCCN. The number of methoxy groups -OCH3 is 1. The molecule has 0 bridgehead atoms. The van der Waals surface area contributed by atoms with Gasteiger partial charge >= 0.3 is 5.97 Å². The van der Waals surface area contributed by atoms with Crippen LogP contribution in [0.2, 0.25) is 5.02 Å². The van der Waals surface area contributed by atoms with Gasteiger partial charge in [0, 0.05) is 5.02 Å². The van der Waals surface area contributed by atoms with E-state index in [2.05, 4.69) is 4.74 Å². The molecule has 1 aromatic rings. The second-order valence-corrected chi connectivity index (χ2v) is 3.91. The fourth-order valence-electron chi connectivity index (χ4n) is 1.33. The van der Waals surface area contributed by atoms with E-state index in [4.69, 9.17) is 22.1 Å². The molecule has 0 unspecified atom stereocenters. The summed E-state index contributed by atoms with van der Waals surface area (Å²) in [5.74, 6) is 0.0274. The average molecular weight is 258 g/mol. The molecule has 0 aliphatic heterocycles. The minimum atomic E-state index is -0.457. The quantitative estimate of drug-likeness (QED) is 0.627. The van der Waals surface area contributed by atoms with Crippen LogP contribution >= 0.6 is 11.6 Å². The number of ether oxygens (including phenoxy) is 2. The van der Waals surface area contributed by atoms with Gasteiger partial charge in [-0.05, 0) is 37.6 Å². The highest BCUT2D eigenvalue weighted by Crippen LogP contribution is 2.23. The van der Waals surface area contributed by atoms with Crippen LogP contribution in [-0.4, -0.2) is 26.2 Å². The summed E-state index contributed by atoms with van der Waals surface area (Å²) in [6, 6.07) is 4.87. The smallest absolute Gasteiger partial charge is 0.341 e. The van der Waals surface area contributed by atoms with E-state index >= 15 is 0 Å². The van der Waals surface area contributed by atoms with Crippen molar-refractivity contribution in [2.75, 3.05) is 20.3 Å². The highest BCUT2D eigenvalue weighted by Gasteiger charge is 2.13. The number of halogens is 1. The van der Waals surface area contributed by atoms with Crippen LogP contribution in [0.15, 0.2) is 18.2 Å². The molecule has 0 aliphatic carbocycles. The van der Waals surface area contributed by atoms with E-state index in [0.29, 0.717) is 29.5 Å². The van der Waals surface area contributed by atoms with Crippen molar-refractivity contribution in [3.05, 3.63) is 28.8 Å². The summed E-state index contributed by atoms with van der Waals surface area (Å²) in [5, 5.41) is 0.472. The van der Waals surface area contributed by atoms with Crippen LogP contribution in [-0.2, 0) is 4.74 Å². The predicted octanol–water partition coefficient (Wildman–Crippen LogP) is 2.24. The van der Waals surface area contributed by atoms with Crippen LogP contribution in [0.4, 0.5) is 0 Å². The van der Waals surface area contributed by atoms with Crippen molar-refractivity contribution in [1.29, 1.82) is 0 Å². The monoisotopic (exact) mass is 257 g/mol. The summed E-state index contributed by atoms with van der Waals surface area (Å²) in [5.41, 5.74) is 5.72. The molecule has 5 heteroatoms. The Bertz CT molecular complexity index is 382. The fraction of sp³-hybridized carbons (Fsp3) is 0.417. The Balaban J connectivity index is 2.72. The summed E-state index contributed by atoms with van der Waals surface area (Å²) < 4.78 is 10.2. The van der Waals surface area contributed by atoms with Crippen molar-refractivity contribution in [3.8, 4) is 5.75 Å². The zero-order valence-corrected chi connectivity index (χ0v) is 10.5. The first-order valence-electron chi connectivity index (χ1n) is 5.39. The second-order valence-electron chi connectivity index (χ2n) is 3.48. The molecule has 4 nitrogen and oxygen atoms in total. The van der Waals surface area contributed by atoms with Gasteiger partial charge in [0.1, 0.15) is 11.3 Å². The van der Waals surface area contributed by atoms with Gasteiger partial charge in [0.2, 0.25) is 0 Å². The third-order valence-corrected chi connectivity index (χ3v) is 2.44. The van der Waals surface area contributed by atoms with E-state index in [1.807, 2.05) is 0 Å². The van der Waals surface area contributed by atoms with Crippen molar-refractivity contribution in [2.45, 2.75) is 12.8 Å². The van der Waals surface area contributed by atoms with Crippen molar-refractivity contribution >= 4 is 17.6 Å². The number of carbonyl (C=O) groups excluding carboxylic acids is 1. The van der Waals surface area contributed by atoms with E-state index in [1.165, 1.54) is 13.2 Å². The molecular weight excluding hydrogens is 242 g/mol. The van der Waals surface area contributed by atoms with E-state index in [9.17, 15) is 4.79 Å². The topological polar surface area (TPSA) is 61.5 Å². The Morgan fingerprint density at radius 3 is 2.82 bits per heavy atom. The molecule has 94 valence electrons. The number of hydrogen-bond donors (Lipinski definition) is 1. The minimum absolute atomic E-state index is 0.341. The number of unbranched alkanes of at least 4 members (excludes halogenated alkanes) is 1. The molecule has 0 amide bonds. The standard InChI is InChI=1S/C12H16ClNO3/c1-16-12(15)10-8-9(13)4-5-11(10)17-7-3-2-6-14/h4-5,8H,2-3,6-7,14H2,1H3. The molecule has 1 aromatic carbocycles. The molecule has 0 spiro atoms. The van der Waals surface area contributed by atoms with Gasteiger partial charge in [-0.3, -0.25) is 0 Å². The Labute approximate surface area is 106 Å². The summed E-state index contributed by atoms with van der Waals surface area (Å²) in [6.45, 7) is 1.15. The van der Waals surface area contributed by atoms with E-state index in [-0.39, 0.29) is 0 Å².